The average molecular weight is 444 g/mol. The van der Waals surface area contributed by atoms with Crippen LogP contribution in [0.1, 0.15) is 0 Å². The van der Waals surface area contributed by atoms with E-state index in [0.29, 0.717) is 13.1 Å². The van der Waals surface area contributed by atoms with E-state index in [1.807, 2.05) is 42.7 Å². The first-order valence-electron chi connectivity index (χ1n) is 11.6. The summed E-state index contributed by atoms with van der Waals surface area (Å²) < 4.78 is 4.31. The fourth-order valence-electron chi connectivity index (χ4n) is 4.92. The highest BCUT2D eigenvalue weighted by Gasteiger charge is 2.18. The number of aliphatic hydroxyl groups is 1. The van der Waals surface area contributed by atoms with Crippen molar-refractivity contribution in [1.29, 1.82) is 0 Å². The molecule has 0 unspecified atom stereocenters. The van der Waals surface area contributed by atoms with Gasteiger partial charge in [0.05, 0.1) is 36.9 Å². The highest BCUT2D eigenvalue weighted by atomic mass is 16.3. The molecule has 4 heteroatoms. The molecule has 6 aromatic rings. The maximum absolute atomic E-state index is 11.3. The van der Waals surface area contributed by atoms with Crippen LogP contribution in [0.15, 0.2) is 116 Å². The number of aromatic nitrogens is 3. The van der Waals surface area contributed by atoms with Crippen LogP contribution in [0.3, 0.4) is 0 Å². The molecule has 1 N–H and O–H groups in total. The summed E-state index contributed by atoms with van der Waals surface area (Å²) in [5, 5.41) is 13.7. The SMILES string of the molecule is O[C@H](Cn1cnc(-c2ccccc2)c1-c1ccccc1)Cn1c2ccccc2c2ccccc21. The molecule has 1 atom stereocenters. The number of hydrogen-bond acceptors (Lipinski definition) is 2. The third-order valence-corrected chi connectivity index (χ3v) is 6.41. The van der Waals surface area contributed by atoms with Crippen molar-refractivity contribution < 1.29 is 5.11 Å². The van der Waals surface area contributed by atoms with Gasteiger partial charge in [0.25, 0.3) is 0 Å². The van der Waals surface area contributed by atoms with E-state index in [2.05, 4.69) is 81.9 Å². The predicted octanol–water partition coefficient (Wildman–Crippen LogP) is 6.39. The second-order valence-electron chi connectivity index (χ2n) is 8.62. The normalized spacial score (nSPS) is 12.4. The molecule has 34 heavy (non-hydrogen) atoms. The Morgan fingerprint density at radius 3 is 1.76 bits per heavy atom. The molecule has 0 radical (unpaired) electrons. The van der Waals surface area contributed by atoms with Crippen molar-refractivity contribution >= 4 is 21.8 Å². The summed E-state index contributed by atoms with van der Waals surface area (Å²) in [5.41, 5.74) is 6.38. The van der Waals surface area contributed by atoms with Gasteiger partial charge in [-0.05, 0) is 12.1 Å². The number of imidazole rings is 1. The number of para-hydroxylation sites is 2. The molecule has 0 fully saturated rings. The Labute approximate surface area is 198 Å². The third-order valence-electron chi connectivity index (χ3n) is 6.41. The molecule has 0 amide bonds. The van der Waals surface area contributed by atoms with Crippen LogP contribution in [0.2, 0.25) is 0 Å². The molecule has 0 aliphatic rings. The van der Waals surface area contributed by atoms with Gasteiger partial charge in [-0.2, -0.15) is 0 Å². The van der Waals surface area contributed by atoms with E-state index in [1.54, 1.807) is 0 Å². The van der Waals surface area contributed by atoms with Crippen molar-refractivity contribution in [2.45, 2.75) is 19.2 Å². The molecule has 0 saturated heterocycles. The number of rotatable bonds is 6. The lowest BCUT2D eigenvalue weighted by Gasteiger charge is -2.17. The quantitative estimate of drug-likeness (QED) is 0.324. The summed E-state index contributed by atoms with van der Waals surface area (Å²) in [5.74, 6) is 0. The van der Waals surface area contributed by atoms with Gasteiger partial charge < -0.3 is 14.2 Å². The minimum absolute atomic E-state index is 0.449. The summed E-state index contributed by atoms with van der Waals surface area (Å²) in [6.07, 6.45) is 1.26. The van der Waals surface area contributed by atoms with Crippen LogP contribution in [0.5, 0.6) is 0 Å². The largest absolute Gasteiger partial charge is 0.389 e. The van der Waals surface area contributed by atoms with Gasteiger partial charge in [-0.25, -0.2) is 4.98 Å². The molecule has 166 valence electrons. The lowest BCUT2D eigenvalue weighted by molar-refractivity contribution is 0.137. The Kier molecular flexibility index (Phi) is 5.21. The smallest absolute Gasteiger partial charge is 0.0963 e. The van der Waals surface area contributed by atoms with E-state index in [-0.39, 0.29) is 0 Å². The van der Waals surface area contributed by atoms with Gasteiger partial charge in [0.1, 0.15) is 0 Å². The topological polar surface area (TPSA) is 43.0 Å². The molecule has 0 saturated carbocycles. The van der Waals surface area contributed by atoms with Gasteiger partial charge in [-0.1, -0.05) is 97.1 Å². The van der Waals surface area contributed by atoms with Gasteiger partial charge in [0, 0.05) is 32.9 Å². The fourth-order valence-corrected chi connectivity index (χ4v) is 4.92. The lowest BCUT2D eigenvalue weighted by atomic mass is 10.0. The first-order chi connectivity index (χ1) is 16.8. The van der Waals surface area contributed by atoms with Crippen molar-refractivity contribution in [2.75, 3.05) is 0 Å². The van der Waals surface area contributed by atoms with Crippen LogP contribution >= 0.6 is 0 Å². The highest BCUT2D eigenvalue weighted by Crippen LogP contribution is 2.32. The molecule has 2 aromatic heterocycles. The number of hydrogen-bond donors (Lipinski definition) is 1. The van der Waals surface area contributed by atoms with Gasteiger partial charge in [-0.3, -0.25) is 0 Å². The van der Waals surface area contributed by atoms with Crippen LogP contribution in [-0.2, 0) is 13.1 Å². The van der Waals surface area contributed by atoms with Crippen molar-refractivity contribution in [3.63, 3.8) is 0 Å². The maximum Gasteiger partial charge on any atom is 0.0963 e. The Bertz CT molecular complexity index is 1510. The number of aliphatic hydroxyl groups excluding tert-OH is 1. The van der Waals surface area contributed by atoms with Crippen LogP contribution in [-0.4, -0.2) is 25.3 Å². The van der Waals surface area contributed by atoms with Gasteiger partial charge in [-0.15, -0.1) is 0 Å². The Morgan fingerprint density at radius 2 is 1.15 bits per heavy atom. The Morgan fingerprint density at radius 1 is 0.618 bits per heavy atom. The Hall–Kier alpha value is -4.15. The molecule has 0 aliphatic carbocycles. The van der Waals surface area contributed by atoms with Gasteiger partial charge in [0.15, 0.2) is 0 Å². The summed E-state index contributed by atoms with van der Waals surface area (Å²) in [6.45, 7) is 0.950. The van der Waals surface area contributed by atoms with Crippen molar-refractivity contribution in [3.8, 4) is 22.5 Å². The van der Waals surface area contributed by atoms with Gasteiger partial charge >= 0.3 is 0 Å². The molecule has 0 aliphatic heterocycles. The zero-order valence-electron chi connectivity index (χ0n) is 18.8. The van der Waals surface area contributed by atoms with Crippen LogP contribution < -0.4 is 0 Å². The first kappa shape index (κ1) is 20.5. The monoisotopic (exact) mass is 443 g/mol. The zero-order valence-corrected chi connectivity index (χ0v) is 18.8. The van der Waals surface area contributed by atoms with E-state index < -0.39 is 6.10 Å². The summed E-state index contributed by atoms with van der Waals surface area (Å²) in [6, 6.07) is 37.3. The van der Waals surface area contributed by atoms with Gasteiger partial charge in [0.2, 0.25) is 0 Å². The number of nitrogens with zero attached hydrogens (tertiary/aromatic N) is 3. The molecule has 6 rings (SSSR count). The van der Waals surface area contributed by atoms with E-state index in [1.165, 1.54) is 10.8 Å². The number of fused-ring (bicyclic) bond motifs is 3. The maximum atomic E-state index is 11.3. The molecular formula is C30H25N3O. The average Bonchev–Trinajstić information content (AvgIpc) is 3.45. The van der Waals surface area contributed by atoms with Crippen LogP contribution in [0, 0.1) is 0 Å². The van der Waals surface area contributed by atoms with Crippen LogP contribution in [0.25, 0.3) is 44.3 Å². The third kappa shape index (κ3) is 3.58. The molecule has 4 nitrogen and oxygen atoms in total. The fraction of sp³-hybridized carbons (Fsp3) is 0.100. The summed E-state index contributed by atoms with van der Waals surface area (Å²) in [7, 11) is 0. The minimum Gasteiger partial charge on any atom is -0.389 e. The molecular weight excluding hydrogens is 418 g/mol. The molecule has 2 heterocycles. The first-order valence-corrected chi connectivity index (χ1v) is 11.6. The Balaban J connectivity index is 1.38. The van der Waals surface area contributed by atoms with E-state index in [0.717, 1.165) is 33.5 Å². The van der Waals surface area contributed by atoms with Crippen molar-refractivity contribution in [2.24, 2.45) is 0 Å². The lowest BCUT2D eigenvalue weighted by Crippen LogP contribution is -2.22. The second-order valence-corrected chi connectivity index (χ2v) is 8.62. The van der Waals surface area contributed by atoms with Crippen LogP contribution in [0.4, 0.5) is 0 Å². The highest BCUT2D eigenvalue weighted by molar-refractivity contribution is 6.07. The second kappa shape index (κ2) is 8.65. The zero-order chi connectivity index (χ0) is 22.9. The van der Waals surface area contributed by atoms with Crippen molar-refractivity contribution in [3.05, 3.63) is 116 Å². The molecule has 0 spiro atoms. The standard InChI is InChI=1S/C30H25N3O/c34-24(20-33-27-17-9-7-15-25(27)26-16-8-10-18-28(26)33)19-32-21-31-29(22-11-3-1-4-12-22)30(32)23-13-5-2-6-14-23/h1-18,21,24,34H,19-20H2/t24-/m1/s1. The predicted molar refractivity (Wildman–Crippen MR) is 139 cm³/mol. The summed E-state index contributed by atoms with van der Waals surface area (Å²) in [4.78, 5) is 4.76. The molecule has 0 bridgehead atoms. The minimum atomic E-state index is -0.584. The van der Waals surface area contributed by atoms with E-state index in [4.69, 9.17) is 4.98 Å². The van der Waals surface area contributed by atoms with E-state index in [9.17, 15) is 5.11 Å². The summed E-state index contributed by atoms with van der Waals surface area (Å²) >= 11 is 0. The van der Waals surface area contributed by atoms with E-state index >= 15 is 0 Å². The van der Waals surface area contributed by atoms with Crippen molar-refractivity contribution in [1.82, 2.24) is 14.1 Å². The molecule has 4 aromatic carbocycles. The number of benzene rings is 4.